The van der Waals surface area contributed by atoms with Crippen LogP contribution in [-0.4, -0.2) is 26.2 Å². The van der Waals surface area contributed by atoms with Gasteiger partial charge in [-0.3, -0.25) is 0 Å². The quantitative estimate of drug-likeness (QED) is 0.844. The van der Waals surface area contributed by atoms with E-state index in [1.807, 2.05) is 36.7 Å². The molecule has 4 nitrogen and oxygen atoms in total. The molecule has 1 N–H and O–H groups in total. The van der Waals surface area contributed by atoms with Crippen LogP contribution in [0, 0.1) is 17.1 Å². The molecule has 1 aliphatic heterocycles. The highest BCUT2D eigenvalue weighted by Gasteiger charge is 2.21. The van der Waals surface area contributed by atoms with Crippen molar-refractivity contribution in [2.24, 2.45) is 0 Å². The second-order valence-electron chi connectivity index (χ2n) is 4.98. The van der Waals surface area contributed by atoms with Gasteiger partial charge in [-0.1, -0.05) is 6.07 Å². The van der Waals surface area contributed by atoms with Crippen molar-refractivity contribution in [2.75, 3.05) is 36.0 Å². The van der Waals surface area contributed by atoms with Gasteiger partial charge in [0.2, 0.25) is 0 Å². The largest absolute Gasteiger partial charge is 0.368 e. The summed E-state index contributed by atoms with van der Waals surface area (Å²) in [6, 6.07) is 10.9. The van der Waals surface area contributed by atoms with Crippen LogP contribution in [0.2, 0.25) is 0 Å². The first-order valence-corrected chi connectivity index (χ1v) is 6.94. The van der Waals surface area contributed by atoms with Crippen molar-refractivity contribution in [2.45, 2.75) is 0 Å². The average molecular weight is 283 g/mol. The predicted molar refractivity (Wildman–Crippen MR) is 78.5 cm³/mol. The van der Waals surface area contributed by atoms with Gasteiger partial charge in [0.1, 0.15) is 17.4 Å². The minimum atomic E-state index is -0.448. The summed E-state index contributed by atoms with van der Waals surface area (Å²) in [5, 5.41) is 9.13. The third-order valence-corrected chi connectivity index (χ3v) is 3.79. The number of anilines is 2. The number of hydrogen-bond donors (Lipinski definition) is 0. The van der Waals surface area contributed by atoms with Crippen molar-refractivity contribution in [1.82, 2.24) is 0 Å². The first-order valence-electron chi connectivity index (χ1n) is 6.94. The number of benzene rings is 1. The molecule has 3 rings (SSSR count). The summed E-state index contributed by atoms with van der Waals surface area (Å²) in [5.41, 5.74) is 2.01. The molecule has 1 saturated heterocycles. The molecule has 106 valence electrons. The summed E-state index contributed by atoms with van der Waals surface area (Å²) in [5.74, 6) is -0.448. The lowest BCUT2D eigenvalue weighted by Gasteiger charge is -2.37. The van der Waals surface area contributed by atoms with E-state index in [2.05, 4.69) is 14.8 Å². The normalized spacial score (nSPS) is 14.9. The van der Waals surface area contributed by atoms with E-state index in [4.69, 9.17) is 5.26 Å². The molecule has 0 bridgehead atoms. The number of aromatic amines is 1. The van der Waals surface area contributed by atoms with E-state index in [1.165, 1.54) is 11.8 Å². The molecule has 2 aromatic rings. The average Bonchev–Trinajstić information content (AvgIpc) is 2.55. The highest BCUT2D eigenvalue weighted by molar-refractivity contribution is 5.61. The molecule has 5 heteroatoms. The van der Waals surface area contributed by atoms with Crippen LogP contribution in [0.5, 0.6) is 0 Å². The first-order chi connectivity index (χ1) is 10.3. The Morgan fingerprint density at radius 2 is 1.67 bits per heavy atom. The maximum Gasteiger partial charge on any atom is 0.169 e. The number of hydrogen-bond acceptors (Lipinski definition) is 3. The molecule has 1 aromatic carbocycles. The summed E-state index contributed by atoms with van der Waals surface area (Å²) in [6.07, 6.45) is 3.81. The SMILES string of the molecule is N#Cc1c(F)cccc1N1CCN(c2cc[nH+]cc2)CC1. The molecular formula is C16H16FN4+. The van der Waals surface area contributed by atoms with Crippen LogP contribution in [0.1, 0.15) is 5.56 Å². The molecule has 0 amide bonds. The lowest BCUT2D eigenvalue weighted by atomic mass is 10.1. The Bertz CT molecular complexity index is 658. The van der Waals surface area contributed by atoms with Crippen LogP contribution in [-0.2, 0) is 0 Å². The number of piperazine rings is 1. The predicted octanol–water partition coefficient (Wildman–Crippen LogP) is 1.84. The summed E-state index contributed by atoms with van der Waals surface area (Å²) in [7, 11) is 0. The molecule has 0 atom stereocenters. The fourth-order valence-electron chi connectivity index (χ4n) is 2.68. The Morgan fingerprint density at radius 1 is 1.00 bits per heavy atom. The van der Waals surface area contributed by atoms with Crippen LogP contribution >= 0.6 is 0 Å². The summed E-state index contributed by atoms with van der Waals surface area (Å²) < 4.78 is 13.7. The lowest BCUT2D eigenvalue weighted by molar-refractivity contribution is -0.377. The van der Waals surface area contributed by atoms with Gasteiger partial charge in [-0.15, -0.1) is 0 Å². The van der Waals surface area contributed by atoms with Gasteiger partial charge in [0.05, 0.1) is 5.69 Å². The molecule has 1 aliphatic rings. The van der Waals surface area contributed by atoms with E-state index in [1.54, 1.807) is 6.07 Å². The fourth-order valence-corrected chi connectivity index (χ4v) is 2.68. The number of nitrogens with one attached hydrogen (secondary N) is 1. The molecule has 0 unspecified atom stereocenters. The van der Waals surface area contributed by atoms with Gasteiger partial charge in [-0.2, -0.15) is 5.26 Å². The highest BCUT2D eigenvalue weighted by Crippen LogP contribution is 2.24. The zero-order chi connectivity index (χ0) is 14.7. The second-order valence-corrected chi connectivity index (χ2v) is 4.98. The van der Waals surface area contributed by atoms with Crippen molar-refractivity contribution in [3.8, 4) is 6.07 Å². The summed E-state index contributed by atoms with van der Waals surface area (Å²) in [4.78, 5) is 7.38. The molecule has 0 radical (unpaired) electrons. The zero-order valence-corrected chi connectivity index (χ0v) is 11.6. The summed E-state index contributed by atoms with van der Waals surface area (Å²) in [6.45, 7) is 3.25. The Kier molecular flexibility index (Phi) is 3.69. The third kappa shape index (κ3) is 2.65. The molecule has 1 aromatic heterocycles. The van der Waals surface area contributed by atoms with Crippen LogP contribution in [0.25, 0.3) is 0 Å². The van der Waals surface area contributed by atoms with Crippen molar-refractivity contribution in [1.29, 1.82) is 5.26 Å². The molecule has 0 saturated carbocycles. The van der Waals surface area contributed by atoms with Gasteiger partial charge in [0, 0.05) is 44.0 Å². The smallest absolute Gasteiger partial charge is 0.169 e. The van der Waals surface area contributed by atoms with Gasteiger partial charge in [0.25, 0.3) is 0 Å². The second kappa shape index (κ2) is 5.80. The van der Waals surface area contributed by atoms with E-state index >= 15 is 0 Å². The maximum atomic E-state index is 13.7. The van der Waals surface area contributed by atoms with Crippen LogP contribution in [0.4, 0.5) is 15.8 Å². The van der Waals surface area contributed by atoms with Crippen molar-refractivity contribution in [3.05, 3.63) is 54.1 Å². The first kappa shape index (κ1) is 13.4. The van der Waals surface area contributed by atoms with Gasteiger partial charge >= 0.3 is 0 Å². The topological polar surface area (TPSA) is 44.4 Å². The molecule has 1 fully saturated rings. The van der Waals surface area contributed by atoms with E-state index in [0.717, 1.165) is 26.2 Å². The minimum Gasteiger partial charge on any atom is -0.368 e. The molecule has 2 heterocycles. The Hall–Kier alpha value is -2.61. The van der Waals surface area contributed by atoms with E-state index in [0.29, 0.717) is 5.69 Å². The lowest BCUT2D eigenvalue weighted by Crippen LogP contribution is -2.46. The fraction of sp³-hybridized carbons (Fsp3) is 0.250. The number of rotatable bonds is 2. The van der Waals surface area contributed by atoms with Crippen molar-refractivity contribution >= 4 is 11.4 Å². The van der Waals surface area contributed by atoms with Gasteiger partial charge < -0.3 is 9.80 Å². The Morgan fingerprint density at radius 3 is 2.33 bits per heavy atom. The maximum absolute atomic E-state index is 13.7. The number of halogens is 1. The number of H-pyrrole nitrogens is 1. The van der Waals surface area contributed by atoms with Gasteiger partial charge in [0.15, 0.2) is 12.4 Å². The van der Waals surface area contributed by atoms with Crippen LogP contribution in [0.3, 0.4) is 0 Å². The van der Waals surface area contributed by atoms with E-state index < -0.39 is 5.82 Å². The van der Waals surface area contributed by atoms with Crippen molar-refractivity contribution < 1.29 is 9.37 Å². The number of nitriles is 1. The molecule has 21 heavy (non-hydrogen) atoms. The Labute approximate surface area is 123 Å². The van der Waals surface area contributed by atoms with Crippen LogP contribution in [0.15, 0.2) is 42.7 Å². The summed E-state index contributed by atoms with van der Waals surface area (Å²) >= 11 is 0. The molecule has 0 spiro atoms. The van der Waals surface area contributed by atoms with Crippen molar-refractivity contribution in [3.63, 3.8) is 0 Å². The Balaban J connectivity index is 1.75. The molecule has 0 aliphatic carbocycles. The zero-order valence-electron chi connectivity index (χ0n) is 11.6. The number of pyridine rings is 1. The number of aromatic nitrogens is 1. The number of nitrogens with zero attached hydrogens (tertiary/aromatic N) is 3. The molecular weight excluding hydrogens is 267 g/mol. The van der Waals surface area contributed by atoms with Gasteiger partial charge in [-0.05, 0) is 12.1 Å². The van der Waals surface area contributed by atoms with Gasteiger partial charge in [-0.25, -0.2) is 9.37 Å². The van der Waals surface area contributed by atoms with Crippen LogP contribution < -0.4 is 14.8 Å². The minimum absolute atomic E-state index is 0.139. The van der Waals surface area contributed by atoms with E-state index in [-0.39, 0.29) is 5.56 Å². The third-order valence-electron chi connectivity index (χ3n) is 3.79. The highest BCUT2D eigenvalue weighted by atomic mass is 19.1. The standard InChI is InChI=1S/C16H15FN4/c17-15-2-1-3-16(14(15)12-18)21-10-8-20(9-11-21)13-4-6-19-7-5-13/h1-7H,8-11H2/p+1. The monoisotopic (exact) mass is 283 g/mol. The van der Waals surface area contributed by atoms with E-state index in [9.17, 15) is 4.39 Å².